The predicted molar refractivity (Wildman–Crippen MR) is 253 cm³/mol. The van der Waals surface area contributed by atoms with Crippen molar-refractivity contribution in [1.82, 2.24) is 25.8 Å². The van der Waals surface area contributed by atoms with E-state index < -0.39 is 0 Å². The maximum absolute atomic E-state index is 12.3. The maximum atomic E-state index is 12.3. The first-order valence-electron chi connectivity index (χ1n) is 20.7. The summed E-state index contributed by atoms with van der Waals surface area (Å²) in [5.74, 6) is -0.446. The molecule has 7 rings (SSSR count). The molecule has 1 aliphatic heterocycles. The van der Waals surface area contributed by atoms with Gasteiger partial charge in [0.05, 0.1) is 33.1 Å². The van der Waals surface area contributed by atoms with E-state index in [1.54, 1.807) is 37.4 Å². The van der Waals surface area contributed by atoms with Crippen molar-refractivity contribution in [3.63, 3.8) is 0 Å². The van der Waals surface area contributed by atoms with Crippen LogP contribution in [0.2, 0.25) is 0 Å². The lowest BCUT2D eigenvalue weighted by Gasteiger charge is -2.26. The zero-order chi connectivity index (χ0) is 46.2. The van der Waals surface area contributed by atoms with E-state index >= 15 is 0 Å². The Kier molecular flexibility index (Phi) is 18.7. The highest BCUT2D eigenvalue weighted by molar-refractivity contribution is 7.21. The number of carbonyl (C=O) groups is 6. The van der Waals surface area contributed by atoms with E-state index in [1.807, 2.05) is 25.1 Å². The van der Waals surface area contributed by atoms with Crippen molar-refractivity contribution in [3.8, 4) is 17.2 Å². The van der Waals surface area contributed by atoms with E-state index in [1.165, 1.54) is 71.5 Å². The van der Waals surface area contributed by atoms with Crippen molar-refractivity contribution >= 4 is 101 Å². The first-order chi connectivity index (χ1) is 30.9. The molecule has 1 fully saturated rings. The summed E-state index contributed by atoms with van der Waals surface area (Å²) in [7, 11) is 5.46. The van der Waals surface area contributed by atoms with Gasteiger partial charge in [0, 0.05) is 81.4 Å². The van der Waals surface area contributed by atoms with Crippen LogP contribution in [0.4, 0.5) is 0 Å². The summed E-state index contributed by atoms with van der Waals surface area (Å²) in [6.45, 7) is 6.04. The molecule has 1 saturated heterocycles. The van der Waals surface area contributed by atoms with Crippen LogP contribution >= 0.6 is 34.0 Å². The number of carbonyl (C=O) groups excluding carboxylic acids is 6. The van der Waals surface area contributed by atoms with Gasteiger partial charge in [-0.3, -0.25) is 28.8 Å². The lowest BCUT2D eigenvalue weighted by Crippen LogP contribution is -2.37. The topological polar surface area (TPSA) is 215 Å². The molecule has 6 N–H and O–H groups in total. The van der Waals surface area contributed by atoms with Gasteiger partial charge in [-0.05, 0) is 101 Å². The van der Waals surface area contributed by atoms with Crippen LogP contribution < -0.4 is 16.0 Å². The van der Waals surface area contributed by atoms with Crippen LogP contribution in [0.15, 0.2) is 54.6 Å². The zero-order valence-electron chi connectivity index (χ0n) is 35.9. The summed E-state index contributed by atoms with van der Waals surface area (Å²) >= 11 is 4.17. The number of aromatic hydroxyl groups is 3. The van der Waals surface area contributed by atoms with E-state index in [9.17, 15) is 44.1 Å². The van der Waals surface area contributed by atoms with Gasteiger partial charge in [-0.1, -0.05) is 6.42 Å². The van der Waals surface area contributed by atoms with Crippen LogP contribution in [0.5, 0.6) is 17.2 Å². The Morgan fingerprint density at radius 2 is 1.16 bits per heavy atom. The summed E-state index contributed by atoms with van der Waals surface area (Å²) in [5, 5.41) is 39.5. The Morgan fingerprint density at radius 1 is 0.672 bits per heavy atom. The van der Waals surface area contributed by atoms with E-state index in [4.69, 9.17) is 4.74 Å². The molecule has 340 valence electrons. The van der Waals surface area contributed by atoms with Crippen molar-refractivity contribution < 1.29 is 48.8 Å². The van der Waals surface area contributed by atoms with E-state index in [0.29, 0.717) is 84.0 Å². The molecule has 64 heavy (non-hydrogen) atoms. The molecule has 3 aromatic heterocycles. The van der Waals surface area contributed by atoms with Crippen LogP contribution in [-0.2, 0) is 16.0 Å². The number of phenols is 3. The third kappa shape index (κ3) is 13.4. The van der Waals surface area contributed by atoms with Crippen LogP contribution in [-0.4, -0.2) is 135 Å². The second-order valence-corrected chi connectivity index (χ2v) is 18.4. The van der Waals surface area contributed by atoms with Gasteiger partial charge in [0.25, 0.3) is 11.8 Å². The summed E-state index contributed by atoms with van der Waals surface area (Å²) in [5.41, 5.74) is 0.775. The smallest absolute Gasteiger partial charge is 0.261 e. The number of ether oxygens (including phenoxy) is 1. The fraction of sp³-hybridized carbons (Fsp3) is 0.348. The number of aryl methyl sites for hydroxylation is 1. The number of nitrogens with one attached hydrogen (secondary N) is 3. The fourth-order valence-electron chi connectivity index (χ4n) is 6.83. The van der Waals surface area contributed by atoms with E-state index in [2.05, 4.69) is 20.9 Å². The number of phenolic OH excluding ortho intramolecular Hbond substituents is 3. The number of nitrogens with zero attached hydrogens (tertiary/aromatic N) is 2. The summed E-state index contributed by atoms with van der Waals surface area (Å²) < 4.78 is 7.43. The maximum Gasteiger partial charge on any atom is 0.261 e. The van der Waals surface area contributed by atoms with Crippen LogP contribution in [0.1, 0.15) is 81.0 Å². The number of likely N-dealkylation sites (tertiary alicyclic amines) is 1. The van der Waals surface area contributed by atoms with E-state index in [0.717, 1.165) is 50.5 Å². The SMILES string of the molecule is CN(C)CCNC(=O)c1cc2c(C=O)c(O)ccc2s1.COCCNC(=O)CCc1cc2c(C=O)c(O)ccc2s1.O=Cc1c(O)ccc2sc(C(=O)NCCN3CCCCC3)cc12. The minimum absolute atomic E-state index is 0.0147. The molecular weight excluding hydrogens is 879 g/mol. The normalized spacial score (nSPS) is 12.6. The average molecular weight is 932 g/mol. The number of likely N-dealkylation sites (N-methyl/N-ethyl adjacent to an activating group) is 1. The van der Waals surface area contributed by atoms with Gasteiger partial charge < -0.3 is 45.8 Å². The number of methoxy groups -OCH3 is 1. The molecule has 0 spiro atoms. The van der Waals surface area contributed by atoms with Gasteiger partial charge in [0.2, 0.25) is 5.91 Å². The van der Waals surface area contributed by atoms with Crippen LogP contribution in [0.3, 0.4) is 0 Å². The van der Waals surface area contributed by atoms with Crippen molar-refractivity contribution in [2.45, 2.75) is 32.1 Å². The number of benzene rings is 3. The first-order valence-corrected chi connectivity index (χ1v) is 23.1. The van der Waals surface area contributed by atoms with Crippen LogP contribution in [0.25, 0.3) is 30.3 Å². The van der Waals surface area contributed by atoms with Crippen molar-refractivity contribution in [3.05, 3.63) is 85.9 Å². The largest absolute Gasteiger partial charge is 0.507 e. The van der Waals surface area contributed by atoms with Gasteiger partial charge in [-0.25, -0.2) is 0 Å². The lowest BCUT2D eigenvalue weighted by atomic mass is 10.1. The van der Waals surface area contributed by atoms with Crippen molar-refractivity contribution in [2.24, 2.45) is 0 Å². The summed E-state index contributed by atoms with van der Waals surface area (Å²) in [6, 6.07) is 14.9. The number of amides is 3. The molecule has 3 amide bonds. The Hall–Kier alpha value is -5.76. The van der Waals surface area contributed by atoms with Gasteiger partial charge in [-0.15, -0.1) is 34.0 Å². The molecule has 0 bridgehead atoms. The minimum atomic E-state index is -0.163. The number of fused-ring (bicyclic) bond motifs is 3. The van der Waals surface area contributed by atoms with Gasteiger partial charge >= 0.3 is 0 Å². The molecule has 0 unspecified atom stereocenters. The quantitative estimate of drug-likeness (QED) is 0.0430. The monoisotopic (exact) mass is 931 g/mol. The second-order valence-electron chi connectivity index (χ2n) is 15.1. The predicted octanol–water partition coefficient (Wildman–Crippen LogP) is 6.46. The minimum Gasteiger partial charge on any atom is -0.507 e. The first kappa shape index (κ1) is 49.3. The number of aldehydes is 3. The Morgan fingerprint density at radius 3 is 1.64 bits per heavy atom. The standard InChI is InChI=1S/C17H20N2O3S.C15H17NO4S.C14H16N2O3S/c20-11-13-12-10-16(23-15(12)5-4-14(13)21)17(22)18-6-9-19-7-2-1-3-8-19;1-20-7-6-16-15(19)5-2-10-8-11-12(9-17)13(18)3-4-14(11)21-10;1-16(2)6-5-15-14(19)13-7-9-10(8-17)11(18)3-4-12(9)20-13/h4-5,10-11,21H,1-3,6-9H2,(H,18,22);3-4,8-9,18H,2,5-7H2,1H3,(H,16,19);3-4,7-8,18H,5-6H2,1-2H3,(H,15,19). The highest BCUT2D eigenvalue weighted by Crippen LogP contribution is 2.35. The summed E-state index contributed by atoms with van der Waals surface area (Å²) in [4.78, 5) is 75.5. The molecule has 0 radical (unpaired) electrons. The molecule has 4 heterocycles. The lowest BCUT2D eigenvalue weighted by molar-refractivity contribution is -0.121. The Labute approximate surface area is 382 Å². The molecule has 0 atom stereocenters. The Bertz CT molecular complexity index is 2580. The van der Waals surface area contributed by atoms with Gasteiger partial charge in [0.15, 0.2) is 18.9 Å². The number of hydrogen-bond acceptors (Lipinski definition) is 15. The molecule has 0 saturated carbocycles. The molecule has 3 aromatic carbocycles. The third-order valence-electron chi connectivity index (χ3n) is 10.2. The number of rotatable bonds is 17. The number of piperidine rings is 1. The fourth-order valence-corrected chi connectivity index (χ4v) is 9.90. The highest BCUT2D eigenvalue weighted by Gasteiger charge is 2.17. The highest BCUT2D eigenvalue weighted by atomic mass is 32.1. The zero-order valence-corrected chi connectivity index (χ0v) is 38.4. The van der Waals surface area contributed by atoms with E-state index in [-0.39, 0.29) is 46.1 Å². The van der Waals surface area contributed by atoms with Gasteiger partial charge in [-0.2, -0.15) is 0 Å². The molecule has 15 nitrogen and oxygen atoms in total. The second kappa shape index (κ2) is 24.3. The Balaban J connectivity index is 0.000000181. The number of thiophene rings is 3. The third-order valence-corrected chi connectivity index (χ3v) is 13.6. The number of hydrogen-bond donors (Lipinski definition) is 6. The van der Waals surface area contributed by atoms with Crippen molar-refractivity contribution in [2.75, 3.05) is 73.6 Å². The molecule has 6 aromatic rings. The molecular formula is C46H53N5O10S3. The molecule has 0 aliphatic carbocycles. The molecule has 1 aliphatic rings. The van der Waals surface area contributed by atoms with Gasteiger partial charge in [0.1, 0.15) is 17.2 Å². The van der Waals surface area contributed by atoms with Crippen molar-refractivity contribution in [1.29, 1.82) is 0 Å². The molecule has 18 heteroatoms. The summed E-state index contributed by atoms with van der Waals surface area (Å²) in [6.07, 6.45) is 6.67. The average Bonchev–Trinajstić information content (AvgIpc) is 4.04. The van der Waals surface area contributed by atoms with Crippen LogP contribution in [0, 0.1) is 0 Å².